The molecule has 3 rings (SSSR count). The maximum atomic E-state index is 5.22. The van der Waals surface area contributed by atoms with Crippen LogP contribution in [0.1, 0.15) is 24.8 Å². The standard InChI is InChI=1S/C16H26N2O2/c1-19-10-8-17-6-2-4-16(13-17)5-7-18(14-16)11-15-3-9-20-12-15/h3,9,12H,2,4-8,10-11,13-14H2,1H3. The number of hydrogen-bond acceptors (Lipinski definition) is 4. The molecular formula is C16H26N2O2. The lowest BCUT2D eigenvalue weighted by atomic mass is 9.79. The van der Waals surface area contributed by atoms with Gasteiger partial charge in [-0.1, -0.05) is 0 Å². The zero-order chi connectivity index (χ0) is 13.8. The Morgan fingerprint density at radius 1 is 1.25 bits per heavy atom. The first-order valence-electron chi connectivity index (χ1n) is 7.74. The first-order chi connectivity index (χ1) is 9.80. The summed E-state index contributed by atoms with van der Waals surface area (Å²) in [7, 11) is 1.79. The van der Waals surface area contributed by atoms with Crippen LogP contribution in [0, 0.1) is 5.41 Å². The predicted octanol–water partition coefficient (Wildman–Crippen LogP) is 2.21. The molecule has 4 heteroatoms. The summed E-state index contributed by atoms with van der Waals surface area (Å²) >= 11 is 0. The average molecular weight is 278 g/mol. The molecule has 2 saturated heterocycles. The number of methoxy groups -OCH3 is 1. The quantitative estimate of drug-likeness (QED) is 0.826. The van der Waals surface area contributed by atoms with Crippen molar-refractivity contribution in [1.29, 1.82) is 0 Å². The Kier molecular flexibility index (Phi) is 4.44. The smallest absolute Gasteiger partial charge is 0.0947 e. The van der Waals surface area contributed by atoms with Crippen molar-refractivity contribution in [2.24, 2.45) is 5.41 Å². The van der Waals surface area contributed by atoms with Gasteiger partial charge in [0.2, 0.25) is 0 Å². The van der Waals surface area contributed by atoms with E-state index in [1.807, 2.05) is 6.26 Å². The summed E-state index contributed by atoms with van der Waals surface area (Å²) in [6, 6.07) is 2.08. The third kappa shape index (κ3) is 3.25. The Hall–Kier alpha value is -0.840. The lowest BCUT2D eigenvalue weighted by Gasteiger charge is -2.40. The van der Waals surface area contributed by atoms with E-state index in [9.17, 15) is 0 Å². The van der Waals surface area contributed by atoms with E-state index in [1.165, 1.54) is 51.0 Å². The lowest BCUT2D eigenvalue weighted by Crippen LogP contribution is -2.45. The van der Waals surface area contributed by atoms with Crippen LogP contribution in [-0.4, -0.2) is 56.2 Å². The van der Waals surface area contributed by atoms with Crippen molar-refractivity contribution >= 4 is 0 Å². The van der Waals surface area contributed by atoms with Crippen LogP contribution in [-0.2, 0) is 11.3 Å². The highest BCUT2D eigenvalue weighted by Gasteiger charge is 2.40. The molecule has 2 aliphatic heterocycles. The first-order valence-corrected chi connectivity index (χ1v) is 7.74. The van der Waals surface area contributed by atoms with Gasteiger partial charge in [0.1, 0.15) is 0 Å². The molecule has 0 aromatic carbocycles. The van der Waals surface area contributed by atoms with E-state index in [0.717, 1.165) is 19.7 Å². The largest absolute Gasteiger partial charge is 0.472 e. The molecule has 1 spiro atoms. The number of nitrogens with zero attached hydrogens (tertiary/aromatic N) is 2. The molecule has 20 heavy (non-hydrogen) atoms. The topological polar surface area (TPSA) is 28.9 Å². The van der Waals surface area contributed by atoms with Crippen molar-refractivity contribution in [1.82, 2.24) is 9.80 Å². The Bertz CT molecular complexity index is 407. The summed E-state index contributed by atoms with van der Waals surface area (Å²) in [5.41, 5.74) is 1.82. The fourth-order valence-electron chi connectivity index (χ4n) is 3.86. The SMILES string of the molecule is COCCN1CCCC2(CCN(Cc3ccoc3)C2)C1. The molecule has 0 saturated carbocycles. The Morgan fingerprint density at radius 2 is 2.15 bits per heavy atom. The molecule has 0 radical (unpaired) electrons. The van der Waals surface area contributed by atoms with E-state index in [4.69, 9.17) is 9.15 Å². The highest BCUT2D eigenvalue weighted by Crippen LogP contribution is 2.39. The predicted molar refractivity (Wildman–Crippen MR) is 78.6 cm³/mol. The minimum atomic E-state index is 0.524. The van der Waals surface area contributed by atoms with Crippen LogP contribution in [0.15, 0.2) is 23.0 Å². The highest BCUT2D eigenvalue weighted by molar-refractivity contribution is 5.06. The zero-order valence-electron chi connectivity index (χ0n) is 12.5. The van der Waals surface area contributed by atoms with Crippen LogP contribution in [0.4, 0.5) is 0 Å². The number of ether oxygens (including phenoxy) is 1. The summed E-state index contributed by atoms with van der Waals surface area (Å²) in [5, 5.41) is 0. The summed E-state index contributed by atoms with van der Waals surface area (Å²) in [4.78, 5) is 5.18. The van der Waals surface area contributed by atoms with Crippen molar-refractivity contribution < 1.29 is 9.15 Å². The average Bonchev–Trinajstić information content (AvgIpc) is 3.08. The van der Waals surface area contributed by atoms with Gasteiger partial charge < -0.3 is 14.1 Å². The van der Waals surface area contributed by atoms with E-state index < -0.39 is 0 Å². The van der Waals surface area contributed by atoms with Crippen LogP contribution in [0.5, 0.6) is 0 Å². The van der Waals surface area contributed by atoms with Crippen molar-refractivity contribution in [2.75, 3.05) is 46.4 Å². The second-order valence-corrected chi connectivity index (χ2v) is 6.46. The van der Waals surface area contributed by atoms with Gasteiger partial charge in [-0.15, -0.1) is 0 Å². The number of hydrogen-bond donors (Lipinski definition) is 0. The zero-order valence-corrected chi connectivity index (χ0v) is 12.5. The van der Waals surface area contributed by atoms with Gasteiger partial charge in [0.15, 0.2) is 0 Å². The first kappa shape index (κ1) is 14.1. The van der Waals surface area contributed by atoms with Gasteiger partial charge in [0.25, 0.3) is 0 Å². The molecular weight excluding hydrogens is 252 g/mol. The van der Waals surface area contributed by atoms with Crippen LogP contribution in [0.3, 0.4) is 0 Å². The third-order valence-corrected chi connectivity index (χ3v) is 4.86. The number of piperidine rings is 1. The Labute approximate surface area is 121 Å². The molecule has 3 heterocycles. The van der Waals surface area contributed by atoms with E-state index in [2.05, 4.69) is 15.9 Å². The van der Waals surface area contributed by atoms with Crippen molar-refractivity contribution in [3.05, 3.63) is 24.2 Å². The van der Waals surface area contributed by atoms with Gasteiger partial charge >= 0.3 is 0 Å². The maximum Gasteiger partial charge on any atom is 0.0947 e. The summed E-state index contributed by atoms with van der Waals surface area (Å²) in [5.74, 6) is 0. The molecule has 0 N–H and O–H groups in total. The van der Waals surface area contributed by atoms with E-state index in [1.54, 1.807) is 13.4 Å². The number of likely N-dealkylation sites (tertiary alicyclic amines) is 2. The minimum Gasteiger partial charge on any atom is -0.472 e. The Balaban J connectivity index is 1.54. The van der Waals surface area contributed by atoms with E-state index >= 15 is 0 Å². The van der Waals surface area contributed by atoms with Crippen LogP contribution < -0.4 is 0 Å². The van der Waals surface area contributed by atoms with E-state index in [0.29, 0.717) is 5.41 Å². The molecule has 112 valence electrons. The van der Waals surface area contributed by atoms with Crippen molar-refractivity contribution in [2.45, 2.75) is 25.8 Å². The van der Waals surface area contributed by atoms with Gasteiger partial charge in [0.05, 0.1) is 19.1 Å². The fraction of sp³-hybridized carbons (Fsp3) is 0.750. The van der Waals surface area contributed by atoms with Crippen molar-refractivity contribution in [3.63, 3.8) is 0 Å². The molecule has 0 aliphatic carbocycles. The molecule has 2 aliphatic rings. The normalized spacial score (nSPS) is 28.4. The molecule has 0 bridgehead atoms. The second-order valence-electron chi connectivity index (χ2n) is 6.46. The fourth-order valence-corrected chi connectivity index (χ4v) is 3.86. The van der Waals surface area contributed by atoms with Crippen LogP contribution in [0.25, 0.3) is 0 Å². The molecule has 0 amide bonds. The lowest BCUT2D eigenvalue weighted by molar-refractivity contribution is 0.0673. The summed E-state index contributed by atoms with van der Waals surface area (Å²) in [6.45, 7) is 7.93. The number of furan rings is 1. The summed E-state index contributed by atoms with van der Waals surface area (Å²) < 4.78 is 10.4. The van der Waals surface area contributed by atoms with E-state index in [-0.39, 0.29) is 0 Å². The van der Waals surface area contributed by atoms with Gasteiger partial charge in [0, 0.05) is 38.9 Å². The Morgan fingerprint density at radius 3 is 2.95 bits per heavy atom. The van der Waals surface area contributed by atoms with Crippen molar-refractivity contribution in [3.8, 4) is 0 Å². The van der Waals surface area contributed by atoms with Gasteiger partial charge in [-0.3, -0.25) is 4.90 Å². The number of rotatable bonds is 5. The molecule has 1 unspecified atom stereocenters. The highest BCUT2D eigenvalue weighted by atomic mass is 16.5. The molecule has 1 atom stereocenters. The summed E-state index contributed by atoms with van der Waals surface area (Å²) in [6.07, 6.45) is 7.71. The van der Waals surface area contributed by atoms with Gasteiger partial charge in [-0.25, -0.2) is 0 Å². The second kappa shape index (κ2) is 6.29. The molecule has 1 aromatic heterocycles. The molecule has 2 fully saturated rings. The van der Waals surface area contributed by atoms with Crippen LogP contribution >= 0.6 is 0 Å². The maximum absolute atomic E-state index is 5.22. The molecule has 1 aromatic rings. The minimum absolute atomic E-state index is 0.524. The van der Waals surface area contributed by atoms with Crippen LogP contribution in [0.2, 0.25) is 0 Å². The third-order valence-electron chi connectivity index (χ3n) is 4.86. The molecule has 4 nitrogen and oxygen atoms in total. The monoisotopic (exact) mass is 278 g/mol. The van der Waals surface area contributed by atoms with Gasteiger partial charge in [-0.2, -0.15) is 0 Å². The van der Waals surface area contributed by atoms with Gasteiger partial charge in [-0.05, 0) is 43.8 Å².